The van der Waals surface area contributed by atoms with Gasteiger partial charge in [-0.15, -0.1) is 17.8 Å². The summed E-state index contributed by atoms with van der Waals surface area (Å²) in [4.78, 5) is 25.0. The van der Waals surface area contributed by atoms with Crippen molar-refractivity contribution in [3.63, 3.8) is 0 Å². The highest BCUT2D eigenvalue weighted by atomic mass is 32.1. The molecule has 20 heavy (non-hydrogen) atoms. The zero-order valence-electron chi connectivity index (χ0n) is 11.5. The monoisotopic (exact) mass is 294 g/mol. The topological polar surface area (TPSA) is 69.6 Å². The van der Waals surface area contributed by atoms with Gasteiger partial charge in [0.1, 0.15) is 6.54 Å². The van der Waals surface area contributed by atoms with Crippen molar-refractivity contribution in [2.75, 3.05) is 13.1 Å². The van der Waals surface area contributed by atoms with Gasteiger partial charge >= 0.3 is 12.0 Å². The average Bonchev–Trinajstić information content (AvgIpc) is 2.87. The molecule has 1 atom stereocenters. The van der Waals surface area contributed by atoms with Crippen molar-refractivity contribution >= 4 is 23.3 Å². The van der Waals surface area contributed by atoms with Gasteiger partial charge in [-0.05, 0) is 17.4 Å². The number of hydrogen-bond donors (Lipinski definition) is 2. The normalized spacial score (nSPS) is 11.7. The highest BCUT2D eigenvalue weighted by Crippen LogP contribution is 2.25. The Morgan fingerprint density at radius 1 is 1.55 bits per heavy atom. The van der Waals surface area contributed by atoms with E-state index in [9.17, 15) is 9.59 Å². The van der Waals surface area contributed by atoms with Crippen molar-refractivity contribution in [2.45, 2.75) is 19.9 Å². The first-order chi connectivity index (χ1) is 9.45. The predicted octanol–water partition coefficient (Wildman–Crippen LogP) is 2.17. The highest BCUT2D eigenvalue weighted by Gasteiger charge is 2.23. The van der Waals surface area contributed by atoms with E-state index in [1.807, 2.05) is 31.4 Å². The molecule has 2 N–H and O–H groups in total. The van der Waals surface area contributed by atoms with Crippen LogP contribution < -0.4 is 5.32 Å². The summed E-state index contributed by atoms with van der Waals surface area (Å²) in [6.45, 7) is 3.54. The van der Waals surface area contributed by atoms with Crippen molar-refractivity contribution < 1.29 is 14.7 Å². The number of amides is 2. The predicted molar refractivity (Wildman–Crippen MR) is 78.5 cm³/mol. The summed E-state index contributed by atoms with van der Waals surface area (Å²) >= 11 is 1.55. The number of carboxylic acid groups (broad SMARTS) is 1. The van der Waals surface area contributed by atoms with Gasteiger partial charge in [-0.1, -0.05) is 25.8 Å². The first-order valence-electron chi connectivity index (χ1n) is 6.19. The number of urea groups is 1. The summed E-state index contributed by atoms with van der Waals surface area (Å²) in [6.07, 6.45) is 5.17. The molecule has 0 aliphatic rings. The molecule has 0 saturated heterocycles. The maximum atomic E-state index is 12.1. The fourth-order valence-electron chi connectivity index (χ4n) is 1.73. The lowest BCUT2D eigenvalue weighted by Gasteiger charge is -2.25. The molecule has 6 heteroatoms. The Morgan fingerprint density at radius 2 is 2.25 bits per heavy atom. The second-order valence-corrected chi connectivity index (χ2v) is 5.62. The number of carbonyl (C=O) groups is 2. The average molecular weight is 294 g/mol. The van der Waals surface area contributed by atoms with Crippen molar-refractivity contribution in [3.05, 3.63) is 22.4 Å². The van der Waals surface area contributed by atoms with E-state index in [0.717, 1.165) is 9.78 Å². The fraction of sp³-hybridized carbons (Fsp3) is 0.429. The molecule has 0 fully saturated rings. The van der Waals surface area contributed by atoms with Crippen LogP contribution >= 0.6 is 11.3 Å². The minimum absolute atomic E-state index is 0.0343. The molecule has 5 nitrogen and oxygen atoms in total. The van der Waals surface area contributed by atoms with Gasteiger partial charge in [0.2, 0.25) is 0 Å². The molecule has 0 aliphatic carbocycles. The maximum absolute atomic E-state index is 12.1. The van der Waals surface area contributed by atoms with Crippen molar-refractivity contribution in [3.8, 4) is 12.3 Å². The molecule has 0 bridgehead atoms. The lowest BCUT2D eigenvalue weighted by atomic mass is 10.0. The van der Waals surface area contributed by atoms with Crippen LogP contribution in [0.1, 0.15) is 24.8 Å². The summed E-state index contributed by atoms with van der Waals surface area (Å²) in [6, 6.07) is 3.24. The second-order valence-electron chi connectivity index (χ2n) is 4.64. The van der Waals surface area contributed by atoms with Gasteiger partial charge < -0.3 is 15.3 Å². The van der Waals surface area contributed by atoms with Crippen LogP contribution in [0.25, 0.3) is 0 Å². The van der Waals surface area contributed by atoms with Gasteiger partial charge in [-0.25, -0.2) is 4.79 Å². The van der Waals surface area contributed by atoms with Crippen LogP contribution in [-0.2, 0) is 4.79 Å². The lowest BCUT2D eigenvalue weighted by Crippen LogP contribution is -2.45. The first-order valence-corrected chi connectivity index (χ1v) is 7.07. The molecule has 0 spiro atoms. The molecule has 1 heterocycles. The number of nitrogens with zero attached hydrogens (tertiary/aromatic N) is 1. The number of aliphatic carboxylic acids is 1. The molecule has 0 saturated carbocycles. The molecule has 1 aromatic rings. The van der Waals surface area contributed by atoms with Crippen LogP contribution in [0.4, 0.5) is 4.79 Å². The number of rotatable bonds is 6. The molecule has 0 aromatic carbocycles. The maximum Gasteiger partial charge on any atom is 0.323 e. The molecule has 0 radical (unpaired) electrons. The standard InChI is InChI=1S/C14H18N2O3S/c1-4-7-16(9-12(17)18)14(19)15-13(10(2)3)11-6-5-8-20-11/h1,5-6,8,10,13H,7,9H2,2-3H3,(H,15,19)(H,17,18). The van der Waals surface area contributed by atoms with Gasteiger partial charge in [0.15, 0.2) is 0 Å². The zero-order valence-corrected chi connectivity index (χ0v) is 12.3. The second kappa shape index (κ2) is 7.56. The van der Waals surface area contributed by atoms with E-state index < -0.39 is 18.5 Å². The van der Waals surface area contributed by atoms with Crippen LogP contribution in [0.5, 0.6) is 0 Å². The fourth-order valence-corrected chi connectivity index (χ4v) is 2.68. The Kier molecular flexibility index (Phi) is 6.07. The molecule has 1 rings (SSSR count). The highest BCUT2D eigenvalue weighted by molar-refractivity contribution is 7.10. The van der Waals surface area contributed by atoms with Crippen molar-refractivity contribution in [1.29, 1.82) is 0 Å². The SMILES string of the molecule is C#CCN(CC(=O)O)C(=O)NC(c1cccs1)C(C)C. The van der Waals surface area contributed by atoms with Gasteiger partial charge in [-0.3, -0.25) is 4.79 Å². The van der Waals surface area contributed by atoms with Crippen LogP contribution in [0, 0.1) is 18.3 Å². The third-order valence-corrected chi connectivity index (χ3v) is 3.65. The van der Waals surface area contributed by atoms with Crippen molar-refractivity contribution in [2.24, 2.45) is 5.92 Å². The Balaban J connectivity index is 2.79. The summed E-state index contributed by atoms with van der Waals surface area (Å²) in [5.41, 5.74) is 0. The summed E-state index contributed by atoms with van der Waals surface area (Å²) < 4.78 is 0. The van der Waals surface area contributed by atoms with Gasteiger partial charge in [-0.2, -0.15) is 0 Å². The van der Waals surface area contributed by atoms with E-state index in [-0.39, 0.29) is 18.5 Å². The third kappa shape index (κ3) is 4.59. The van der Waals surface area contributed by atoms with Crippen molar-refractivity contribution in [1.82, 2.24) is 10.2 Å². The molecular weight excluding hydrogens is 276 g/mol. The van der Waals surface area contributed by atoms with E-state index in [1.54, 1.807) is 11.3 Å². The van der Waals surface area contributed by atoms with E-state index in [0.29, 0.717) is 0 Å². The van der Waals surface area contributed by atoms with E-state index >= 15 is 0 Å². The Morgan fingerprint density at radius 3 is 2.70 bits per heavy atom. The summed E-state index contributed by atoms with van der Waals surface area (Å²) in [7, 11) is 0. The Labute approximate surface area is 122 Å². The zero-order chi connectivity index (χ0) is 15.1. The minimum Gasteiger partial charge on any atom is -0.480 e. The van der Waals surface area contributed by atoms with E-state index in [2.05, 4.69) is 11.2 Å². The van der Waals surface area contributed by atoms with Gasteiger partial charge in [0.25, 0.3) is 0 Å². The Hall–Kier alpha value is -2.00. The summed E-state index contributed by atoms with van der Waals surface area (Å²) in [5, 5.41) is 13.6. The number of terminal acetylenes is 1. The number of thiophene rings is 1. The minimum atomic E-state index is -1.09. The number of carboxylic acids is 1. The number of carbonyl (C=O) groups excluding carboxylic acids is 1. The molecule has 0 aliphatic heterocycles. The smallest absolute Gasteiger partial charge is 0.323 e. The third-order valence-electron chi connectivity index (χ3n) is 2.69. The van der Waals surface area contributed by atoms with Gasteiger partial charge in [0.05, 0.1) is 12.6 Å². The molecular formula is C14H18N2O3S. The molecule has 1 aromatic heterocycles. The molecule has 2 amide bonds. The van der Waals surface area contributed by atoms with Crippen LogP contribution in [-0.4, -0.2) is 35.1 Å². The quantitative estimate of drug-likeness (QED) is 0.790. The summed E-state index contributed by atoms with van der Waals surface area (Å²) in [5.74, 6) is 1.40. The number of nitrogens with one attached hydrogen (secondary N) is 1. The Bertz CT molecular complexity index is 491. The van der Waals surface area contributed by atoms with Gasteiger partial charge in [0, 0.05) is 4.88 Å². The lowest BCUT2D eigenvalue weighted by molar-refractivity contribution is -0.137. The number of hydrogen-bond acceptors (Lipinski definition) is 3. The molecule has 108 valence electrons. The van der Waals surface area contributed by atoms with Crippen LogP contribution in [0.2, 0.25) is 0 Å². The first kappa shape index (κ1) is 16.1. The largest absolute Gasteiger partial charge is 0.480 e. The van der Waals surface area contributed by atoms with Crippen LogP contribution in [0.3, 0.4) is 0 Å². The van der Waals surface area contributed by atoms with Crippen LogP contribution in [0.15, 0.2) is 17.5 Å². The molecule has 1 unspecified atom stereocenters. The van der Waals surface area contributed by atoms with E-state index in [1.165, 1.54) is 0 Å². The van der Waals surface area contributed by atoms with E-state index in [4.69, 9.17) is 11.5 Å².